The molecule has 118 valence electrons. The minimum Gasteiger partial charge on any atom is -0.480 e. The first kappa shape index (κ1) is 14.6. The largest absolute Gasteiger partial charge is 0.480 e. The number of aliphatic hydroxyl groups is 1. The molecule has 7 nitrogen and oxygen atoms in total. The molecule has 0 aromatic rings. The number of carbonyl (C=O) groups excluding carboxylic acids is 1. The number of carbonyl (C=O) groups is 2. The van der Waals surface area contributed by atoms with Crippen LogP contribution in [0.4, 0.5) is 4.79 Å². The molecule has 0 aromatic heterocycles. The average Bonchev–Trinajstić information content (AvgIpc) is 2.90. The van der Waals surface area contributed by atoms with Gasteiger partial charge in [-0.2, -0.15) is 0 Å². The lowest BCUT2D eigenvalue weighted by atomic mass is 10.1. The van der Waals surface area contributed by atoms with Crippen molar-refractivity contribution in [3.63, 3.8) is 0 Å². The van der Waals surface area contributed by atoms with E-state index in [1.807, 2.05) is 0 Å². The van der Waals surface area contributed by atoms with Crippen LogP contribution < -0.4 is 0 Å². The number of hydrogen-bond donors (Lipinski definition) is 2. The van der Waals surface area contributed by atoms with E-state index < -0.39 is 18.1 Å². The zero-order valence-electron chi connectivity index (χ0n) is 12.3. The van der Waals surface area contributed by atoms with Crippen molar-refractivity contribution in [2.24, 2.45) is 0 Å². The highest BCUT2D eigenvalue weighted by molar-refractivity contribution is 5.83. The number of aliphatic carboxylic acids is 1. The Balaban J connectivity index is 1.71. The lowest BCUT2D eigenvalue weighted by molar-refractivity contribution is -0.141. The highest BCUT2D eigenvalue weighted by Crippen LogP contribution is 2.29. The van der Waals surface area contributed by atoms with E-state index in [1.54, 1.807) is 4.90 Å². The summed E-state index contributed by atoms with van der Waals surface area (Å²) >= 11 is 0. The molecule has 2 bridgehead atoms. The number of carboxylic acids is 1. The van der Waals surface area contributed by atoms with Crippen LogP contribution in [0.5, 0.6) is 0 Å². The maximum absolute atomic E-state index is 12.7. The Hall–Kier alpha value is -1.34. The Kier molecular flexibility index (Phi) is 3.79. The average molecular weight is 297 g/mol. The summed E-state index contributed by atoms with van der Waals surface area (Å²) < 4.78 is 0. The number of urea groups is 1. The van der Waals surface area contributed by atoms with Gasteiger partial charge in [-0.3, -0.25) is 4.90 Å². The molecule has 2 N–H and O–H groups in total. The Morgan fingerprint density at radius 2 is 1.81 bits per heavy atom. The van der Waals surface area contributed by atoms with Crippen molar-refractivity contribution in [3.8, 4) is 0 Å². The molecule has 21 heavy (non-hydrogen) atoms. The van der Waals surface area contributed by atoms with Crippen LogP contribution in [0.3, 0.4) is 0 Å². The van der Waals surface area contributed by atoms with E-state index in [9.17, 15) is 19.8 Å². The van der Waals surface area contributed by atoms with Crippen molar-refractivity contribution in [3.05, 3.63) is 0 Å². The van der Waals surface area contributed by atoms with Crippen LogP contribution in [0, 0.1) is 0 Å². The lowest BCUT2D eigenvalue weighted by Gasteiger charge is -2.31. The van der Waals surface area contributed by atoms with E-state index in [4.69, 9.17) is 0 Å². The molecule has 0 spiro atoms. The Morgan fingerprint density at radius 1 is 1.10 bits per heavy atom. The highest BCUT2D eigenvalue weighted by Gasteiger charge is 2.43. The highest BCUT2D eigenvalue weighted by atomic mass is 16.4. The number of aliphatic hydroxyl groups excluding tert-OH is 1. The topological polar surface area (TPSA) is 84.3 Å². The number of β-amino-alcohol motifs (C(OH)–C–C–N with tert-alkyl or cyclic N) is 1. The summed E-state index contributed by atoms with van der Waals surface area (Å²) in [7, 11) is 2.11. The van der Waals surface area contributed by atoms with E-state index >= 15 is 0 Å². The van der Waals surface area contributed by atoms with Gasteiger partial charge in [-0.25, -0.2) is 9.59 Å². The van der Waals surface area contributed by atoms with Gasteiger partial charge in [-0.1, -0.05) is 0 Å². The molecule has 3 fully saturated rings. The summed E-state index contributed by atoms with van der Waals surface area (Å²) in [4.78, 5) is 29.4. The van der Waals surface area contributed by atoms with Crippen molar-refractivity contribution >= 4 is 12.0 Å². The third-order valence-corrected chi connectivity index (χ3v) is 5.23. The van der Waals surface area contributed by atoms with Gasteiger partial charge in [0, 0.05) is 38.1 Å². The van der Waals surface area contributed by atoms with E-state index in [0.29, 0.717) is 25.2 Å². The number of likely N-dealkylation sites (N-methyl/N-ethyl adjacent to an activating group) is 1. The Labute approximate surface area is 124 Å². The third-order valence-electron chi connectivity index (χ3n) is 5.23. The van der Waals surface area contributed by atoms with Crippen LogP contribution in [-0.4, -0.2) is 87.8 Å². The molecule has 0 saturated carbocycles. The minimum atomic E-state index is -1.03. The van der Waals surface area contributed by atoms with Crippen molar-refractivity contribution in [2.45, 2.75) is 49.9 Å². The molecule has 0 radical (unpaired) electrons. The minimum absolute atomic E-state index is 0.121. The number of fused-ring (bicyclic) bond motifs is 2. The zero-order chi connectivity index (χ0) is 15.1. The molecule has 3 aliphatic rings. The van der Waals surface area contributed by atoms with Crippen molar-refractivity contribution in [1.82, 2.24) is 14.7 Å². The maximum atomic E-state index is 12.7. The Morgan fingerprint density at radius 3 is 2.52 bits per heavy atom. The van der Waals surface area contributed by atoms with Gasteiger partial charge in [0.1, 0.15) is 6.04 Å². The fourth-order valence-corrected chi connectivity index (χ4v) is 3.92. The molecule has 3 rings (SSSR count). The lowest BCUT2D eigenvalue weighted by Crippen LogP contribution is -2.50. The van der Waals surface area contributed by atoms with Gasteiger partial charge in [0.15, 0.2) is 0 Å². The molecule has 0 aliphatic carbocycles. The van der Waals surface area contributed by atoms with Gasteiger partial charge in [0.05, 0.1) is 6.10 Å². The molecule has 7 heteroatoms. The summed E-state index contributed by atoms with van der Waals surface area (Å²) in [5.74, 6) is -1.03. The van der Waals surface area contributed by atoms with Crippen LogP contribution in [-0.2, 0) is 4.79 Å². The maximum Gasteiger partial charge on any atom is 0.326 e. The fourth-order valence-electron chi connectivity index (χ4n) is 3.92. The van der Waals surface area contributed by atoms with Crippen LogP contribution >= 0.6 is 0 Å². The van der Waals surface area contributed by atoms with E-state index in [0.717, 1.165) is 12.8 Å². The number of amides is 2. The molecule has 2 amide bonds. The predicted molar refractivity (Wildman–Crippen MR) is 74.9 cm³/mol. The van der Waals surface area contributed by atoms with Gasteiger partial charge >= 0.3 is 12.0 Å². The number of likely N-dealkylation sites (tertiary alicyclic amines) is 2. The van der Waals surface area contributed by atoms with Crippen LogP contribution in [0.25, 0.3) is 0 Å². The molecule has 3 unspecified atom stereocenters. The smallest absolute Gasteiger partial charge is 0.326 e. The molecule has 3 saturated heterocycles. The molecule has 0 aromatic carbocycles. The van der Waals surface area contributed by atoms with Crippen LogP contribution in [0.15, 0.2) is 0 Å². The fraction of sp³-hybridized carbons (Fsp3) is 0.857. The molecule has 3 heterocycles. The number of hydrogen-bond acceptors (Lipinski definition) is 4. The number of rotatable bonds is 1. The predicted octanol–water partition coefficient (Wildman–Crippen LogP) is -0.205. The quantitative estimate of drug-likeness (QED) is 0.700. The van der Waals surface area contributed by atoms with Crippen molar-refractivity contribution in [1.29, 1.82) is 0 Å². The summed E-state index contributed by atoms with van der Waals surface area (Å²) in [6.45, 7) is 1.45. The summed E-state index contributed by atoms with van der Waals surface area (Å²) in [6, 6.07) is -0.227. The second-order valence-electron chi connectivity index (χ2n) is 6.46. The SMILES string of the molecule is CN1C2CCC1CN(C(=O)N1CC(O)C[C@H]1C(=O)O)CC2. The van der Waals surface area contributed by atoms with Gasteiger partial charge in [0.25, 0.3) is 0 Å². The first-order valence-corrected chi connectivity index (χ1v) is 7.65. The molecular weight excluding hydrogens is 274 g/mol. The van der Waals surface area contributed by atoms with Gasteiger partial charge in [0.2, 0.25) is 0 Å². The second kappa shape index (κ2) is 5.46. The van der Waals surface area contributed by atoms with Gasteiger partial charge < -0.3 is 20.0 Å². The first-order chi connectivity index (χ1) is 9.97. The second-order valence-corrected chi connectivity index (χ2v) is 6.46. The summed E-state index contributed by atoms with van der Waals surface area (Å²) in [5.41, 5.74) is 0. The summed E-state index contributed by atoms with van der Waals surface area (Å²) in [5, 5.41) is 18.9. The van der Waals surface area contributed by atoms with Crippen LogP contribution in [0.1, 0.15) is 25.7 Å². The van der Waals surface area contributed by atoms with Crippen molar-refractivity contribution in [2.75, 3.05) is 26.7 Å². The van der Waals surface area contributed by atoms with Crippen molar-refractivity contribution < 1.29 is 19.8 Å². The van der Waals surface area contributed by atoms with E-state index in [2.05, 4.69) is 11.9 Å². The van der Waals surface area contributed by atoms with E-state index in [1.165, 1.54) is 11.3 Å². The Bertz CT molecular complexity index is 444. The number of nitrogens with zero attached hydrogens (tertiary/aromatic N) is 3. The third kappa shape index (κ3) is 2.60. The molecular formula is C14H23N3O4. The normalized spacial score (nSPS) is 36.9. The van der Waals surface area contributed by atoms with Gasteiger partial charge in [-0.05, 0) is 26.3 Å². The molecule has 4 atom stereocenters. The van der Waals surface area contributed by atoms with Gasteiger partial charge in [-0.15, -0.1) is 0 Å². The standard InChI is InChI=1S/C14H23N3O4/c1-15-9-2-3-10(15)7-16(5-4-9)14(21)17-8-11(18)6-12(17)13(19)20/h9-12,18H,2-8H2,1H3,(H,19,20)/t9?,10?,11?,12-/m0/s1. The van der Waals surface area contributed by atoms with E-state index in [-0.39, 0.29) is 19.0 Å². The zero-order valence-corrected chi connectivity index (χ0v) is 12.3. The monoisotopic (exact) mass is 297 g/mol. The summed E-state index contributed by atoms with van der Waals surface area (Å²) in [6.07, 6.45) is 2.61. The van der Waals surface area contributed by atoms with Crippen LogP contribution in [0.2, 0.25) is 0 Å². The molecule has 3 aliphatic heterocycles. The number of carboxylic acid groups (broad SMARTS) is 1. The first-order valence-electron chi connectivity index (χ1n) is 7.65.